The maximum Gasteiger partial charge on any atom is 0.0882 e. The largest absolute Gasteiger partial charge is 0.506 e. The molecule has 0 amide bonds. The molecule has 0 bridgehead atoms. The fourth-order valence-corrected chi connectivity index (χ4v) is 1.99. The van der Waals surface area contributed by atoms with Crippen molar-refractivity contribution in [2.24, 2.45) is 0 Å². The zero-order chi connectivity index (χ0) is 15.8. The smallest absolute Gasteiger partial charge is 0.0882 e. The van der Waals surface area contributed by atoms with Crippen LogP contribution in [0.25, 0.3) is 11.1 Å². The van der Waals surface area contributed by atoms with E-state index in [0.29, 0.717) is 0 Å². The van der Waals surface area contributed by atoms with E-state index in [1.54, 1.807) is 7.11 Å². The molecule has 0 saturated carbocycles. The number of rotatable bonds is 2. The third-order valence-corrected chi connectivity index (χ3v) is 3.12. The first-order valence-corrected chi connectivity index (χ1v) is 7.06. The van der Waals surface area contributed by atoms with Crippen molar-refractivity contribution in [2.45, 2.75) is 27.7 Å². The van der Waals surface area contributed by atoms with Crippen molar-refractivity contribution in [1.29, 1.82) is 0 Å². The van der Waals surface area contributed by atoms with Gasteiger partial charge in [-0.25, -0.2) is 18.6 Å². The van der Waals surface area contributed by atoms with Gasteiger partial charge < -0.3 is 4.74 Å². The van der Waals surface area contributed by atoms with Crippen LogP contribution in [-0.4, -0.2) is 7.11 Å². The van der Waals surface area contributed by atoms with Gasteiger partial charge in [0, 0.05) is 32.7 Å². The van der Waals surface area contributed by atoms with Gasteiger partial charge in [0.1, 0.15) is 0 Å². The SMILES string of the molecule is COc1c(C)cc(C)cc1-c1[c-]cccc1.[CH2-]/C(C)=C/C.[Y]. The van der Waals surface area contributed by atoms with Gasteiger partial charge in [-0.2, -0.15) is 0 Å². The van der Waals surface area contributed by atoms with Crippen molar-refractivity contribution in [2.75, 3.05) is 7.11 Å². The molecule has 2 heteroatoms. The second-order valence-electron chi connectivity index (χ2n) is 5.07. The number of hydrogen-bond acceptors (Lipinski definition) is 1. The summed E-state index contributed by atoms with van der Waals surface area (Å²) in [5.41, 5.74) is 5.72. The number of hydrogen-bond donors (Lipinski definition) is 0. The van der Waals surface area contributed by atoms with Gasteiger partial charge in [0.25, 0.3) is 0 Å². The minimum absolute atomic E-state index is 0. The number of allylic oxidation sites excluding steroid dienone is 2. The first kappa shape index (κ1) is 21.0. The molecular formula is C20H24OY-2. The van der Waals surface area contributed by atoms with Crippen LogP contribution in [-0.2, 0) is 32.7 Å². The van der Waals surface area contributed by atoms with Crippen LogP contribution in [0.4, 0.5) is 0 Å². The van der Waals surface area contributed by atoms with Crippen LogP contribution in [0.5, 0.6) is 5.75 Å². The number of methoxy groups -OCH3 is 1. The van der Waals surface area contributed by atoms with Gasteiger partial charge in [0.15, 0.2) is 0 Å². The summed E-state index contributed by atoms with van der Waals surface area (Å²) in [6.45, 7) is 11.7. The van der Waals surface area contributed by atoms with E-state index in [2.05, 4.69) is 45.0 Å². The molecule has 0 aliphatic heterocycles. The zero-order valence-corrected chi connectivity index (χ0v) is 17.1. The predicted octanol–water partition coefficient (Wildman–Crippen LogP) is 5.56. The molecule has 0 heterocycles. The minimum Gasteiger partial charge on any atom is -0.506 e. The Labute approximate surface area is 160 Å². The van der Waals surface area contributed by atoms with Crippen LogP contribution in [0, 0.1) is 26.8 Å². The fourth-order valence-electron chi connectivity index (χ4n) is 1.99. The van der Waals surface area contributed by atoms with Crippen molar-refractivity contribution in [1.82, 2.24) is 0 Å². The first-order valence-electron chi connectivity index (χ1n) is 7.06. The van der Waals surface area contributed by atoms with E-state index in [0.717, 1.165) is 28.0 Å². The molecule has 1 radical (unpaired) electrons. The molecule has 2 rings (SSSR count). The van der Waals surface area contributed by atoms with Gasteiger partial charge in [0.05, 0.1) is 12.9 Å². The molecule has 22 heavy (non-hydrogen) atoms. The molecule has 0 aliphatic carbocycles. The zero-order valence-electron chi connectivity index (χ0n) is 14.2. The monoisotopic (exact) mass is 369 g/mol. The van der Waals surface area contributed by atoms with Crippen molar-refractivity contribution < 1.29 is 37.4 Å². The molecule has 0 spiro atoms. The van der Waals surface area contributed by atoms with Gasteiger partial charge in [-0.05, 0) is 19.4 Å². The Kier molecular flexibility index (Phi) is 10.1. The summed E-state index contributed by atoms with van der Waals surface area (Å²) in [4.78, 5) is 0. The van der Waals surface area contributed by atoms with Crippen molar-refractivity contribution >= 4 is 0 Å². The maximum absolute atomic E-state index is 5.47. The average Bonchev–Trinajstić information content (AvgIpc) is 2.48. The van der Waals surface area contributed by atoms with Gasteiger partial charge in [-0.15, -0.1) is 42.8 Å². The molecule has 0 fully saturated rings. The average molecular weight is 369 g/mol. The summed E-state index contributed by atoms with van der Waals surface area (Å²) in [5, 5.41) is 0. The van der Waals surface area contributed by atoms with Gasteiger partial charge in [0.2, 0.25) is 0 Å². The summed E-state index contributed by atoms with van der Waals surface area (Å²) in [5.74, 6) is 0.938. The van der Waals surface area contributed by atoms with E-state index >= 15 is 0 Å². The molecule has 1 nitrogen and oxygen atoms in total. The molecule has 2 aromatic carbocycles. The third-order valence-electron chi connectivity index (χ3n) is 3.12. The second-order valence-corrected chi connectivity index (χ2v) is 5.07. The molecule has 0 unspecified atom stereocenters. The van der Waals surface area contributed by atoms with Crippen LogP contribution in [0.15, 0.2) is 48.0 Å². The van der Waals surface area contributed by atoms with E-state index in [9.17, 15) is 0 Å². The van der Waals surface area contributed by atoms with Gasteiger partial charge >= 0.3 is 0 Å². The molecular weight excluding hydrogens is 345 g/mol. The topological polar surface area (TPSA) is 9.23 Å². The fraction of sp³-hybridized carbons (Fsp3) is 0.250. The van der Waals surface area contributed by atoms with Crippen LogP contribution in [0.3, 0.4) is 0 Å². The van der Waals surface area contributed by atoms with Crippen molar-refractivity contribution in [3.63, 3.8) is 0 Å². The summed E-state index contributed by atoms with van der Waals surface area (Å²) >= 11 is 0. The quantitative estimate of drug-likeness (QED) is 0.630. The number of ether oxygens (including phenoxy) is 1. The van der Waals surface area contributed by atoms with Crippen molar-refractivity contribution in [3.05, 3.63) is 72.2 Å². The second kappa shape index (κ2) is 10.6. The van der Waals surface area contributed by atoms with Crippen molar-refractivity contribution in [3.8, 4) is 16.9 Å². The summed E-state index contributed by atoms with van der Waals surface area (Å²) < 4.78 is 5.47. The van der Waals surface area contributed by atoms with E-state index in [4.69, 9.17) is 4.74 Å². The Bertz CT molecular complexity index is 597. The maximum atomic E-state index is 5.47. The molecule has 0 saturated heterocycles. The van der Waals surface area contributed by atoms with Crippen LogP contribution < -0.4 is 4.74 Å². The Morgan fingerprint density at radius 3 is 2.32 bits per heavy atom. The van der Waals surface area contributed by atoms with Crippen LogP contribution >= 0.6 is 0 Å². The molecule has 0 atom stereocenters. The standard InChI is InChI=1S/C15H15O.C5H9.Y/c1-11-9-12(2)15(16-3)14(10-11)13-7-5-4-6-8-13;1-4-5(2)3;/h4-7,9-10H,1-3H3;4H,2H2,1,3H3;/q2*-1;/b;5-4-;. The Hall–Kier alpha value is -1.05. The van der Waals surface area contributed by atoms with E-state index < -0.39 is 0 Å². The minimum atomic E-state index is 0. The molecule has 2 aromatic rings. The molecule has 115 valence electrons. The van der Waals surface area contributed by atoms with Gasteiger partial charge in [-0.3, -0.25) is 0 Å². The Morgan fingerprint density at radius 1 is 1.23 bits per heavy atom. The summed E-state index contributed by atoms with van der Waals surface area (Å²) in [6, 6.07) is 15.5. The molecule has 0 aliphatic rings. The summed E-state index contributed by atoms with van der Waals surface area (Å²) in [7, 11) is 1.71. The predicted molar refractivity (Wildman–Crippen MR) is 91.5 cm³/mol. The van der Waals surface area contributed by atoms with Crippen LogP contribution in [0.2, 0.25) is 0 Å². The third kappa shape index (κ3) is 6.38. The molecule has 0 N–H and O–H groups in total. The van der Waals surface area contributed by atoms with Gasteiger partial charge in [-0.1, -0.05) is 30.2 Å². The molecule has 0 aromatic heterocycles. The van der Waals surface area contributed by atoms with E-state index in [1.807, 2.05) is 38.1 Å². The Balaban J connectivity index is 0.000000644. The normalized spacial score (nSPS) is 10.1. The van der Waals surface area contributed by atoms with E-state index in [-0.39, 0.29) is 32.7 Å². The first-order chi connectivity index (χ1) is 9.99. The number of benzene rings is 2. The number of aryl methyl sites for hydroxylation is 2. The Morgan fingerprint density at radius 2 is 1.86 bits per heavy atom. The van der Waals surface area contributed by atoms with Crippen LogP contribution in [0.1, 0.15) is 25.0 Å². The van der Waals surface area contributed by atoms with E-state index in [1.165, 1.54) is 5.56 Å². The summed E-state index contributed by atoms with van der Waals surface area (Å²) in [6.07, 6.45) is 1.97.